The van der Waals surface area contributed by atoms with E-state index in [9.17, 15) is 4.79 Å². The third kappa shape index (κ3) is 2.80. The van der Waals surface area contributed by atoms with Crippen molar-refractivity contribution >= 4 is 11.9 Å². The van der Waals surface area contributed by atoms with Gasteiger partial charge in [0.2, 0.25) is 0 Å². The van der Waals surface area contributed by atoms with Crippen LogP contribution in [0.25, 0.3) is 6.08 Å². The molecule has 0 aromatic heterocycles. The maximum absolute atomic E-state index is 11.5. The lowest BCUT2D eigenvalue weighted by atomic mass is 10.1. The van der Waals surface area contributed by atoms with E-state index in [-0.39, 0.29) is 5.78 Å². The number of hydrogen-bond acceptors (Lipinski definition) is 2. The van der Waals surface area contributed by atoms with Crippen molar-refractivity contribution in [3.05, 3.63) is 71.3 Å². The van der Waals surface area contributed by atoms with Crippen LogP contribution in [0, 0.1) is 0 Å². The molecule has 0 atom stereocenters. The van der Waals surface area contributed by atoms with Crippen molar-refractivity contribution in [3.8, 4) is 5.75 Å². The molecule has 2 aromatic rings. The lowest BCUT2D eigenvalue weighted by Gasteiger charge is -2.05. The fourth-order valence-corrected chi connectivity index (χ4v) is 2.41. The van der Waals surface area contributed by atoms with E-state index < -0.39 is 0 Å². The highest BCUT2D eigenvalue weighted by Gasteiger charge is 2.19. The second-order valence-corrected chi connectivity index (χ2v) is 4.87. The maximum atomic E-state index is 11.5. The Morgan fingerprint density at radius 2 is 1.90 bits per heavy atom. The van der Waals surface area contributed by atoms with E-state index in [1.807, 2.05) is 48.6 Å². The minimum absolute atomic E-state index is 0.246. The maximum Gasteiger partial charge on any atom is 0.163 e. The Kier molecular flexibility index (Phi) is 3.64. The molecule has 0 saturated heterocycles. The third-order valence-corrected chi connectivity index (χ3v) is 3.45. The predicted octanol–water partition coefficient (Wildman–Crippen LogP) is 3.91. The zero-order valence-corrected chi connectivity index (χ0v) is 11.2. The summed E-state index contributed by atoms with van der Waals surface area (Å²) in [5.41, 5.74) is 3.13. The van der Waals surface area contributed by atoms with E-state index in [0.717, 1.165) is 28.9 Å². The Hall–Kier alpha value is -2.35. The van der Waals surface area contributed by atoms with Crippen LogP contribution >= 0.6 is 0 Å². The molecule has 3 rings (SSSR count). The summed E-state index contributed by atoms with van der Waals surface area (Å²) in [6.45, 7) is 0.529. The highest BCUT2D eigenvalue weighted by molar-refractivity contribution is 6.00. The van der Waals surface area contributed by atoms with Crippen molar-refractivity contribution in [2.75, 3.05) is 6.61 Å². The molecule has 0 saturated carbocycles. The SMILES string of the molecule is O=C1CCc2cc(OC/C=C/c3ccccc3)ccc21. The van der Waals surface area contributed by atoms with Crippen molar-refractivity contribution in [3.63, 3.8) is 0 Å². The number of Topliss-reactive ketones (excluding diaryl/α,β-unsaturated/α-hetero) is 1. The van der Waals surface area contributed by atoms with E-state index in [4.69, 9.17) is 4.74 Å². The first-order valence-electron chi connectivity index (χ1n) is 6.83. The molecule has 1 aliphatic carbocycles. The molecule has 2 heteroatoms. The average Bonchev–Trinajstić information content (AvgIpc) is 2.86. The smallest absolute Gasteiger partial charge is 0.163 e. The normalized spacial score (nSPS) is 13.7. The van der Waals surface area contributed by atoms with E-state index >= 15 is 0 Å². The first kappa shape index (κ1) is 12.7. The van der Waals surface area contributed by atoms with Crippen LogP contribution in [-0.4, -0.2) is 12.4 Å². The number of fused-ring (bicyclic) bond motifs is 1. The van der Waals surface area contributed by atoms with Crippen LogP contribution in [0.3, 0.4) is 0 Å². The van der Waals surface area contributed by atoms with Gasteiger partial charge in [0.1, 0.15) is 12.4 Å². The van der Waals surface area contributed by atoms with Gasteiger partial charge in [0, 0.05) is 12.0 Å². The Balaban J connectivity index is 1.59. The Bertz CT molecular complexity index is 642. The van der Waals surface area contributed by atoms with Crippen LogP contribution < -0.4 is 4.74 Å². The first-order valence-corrected chi connectivity index (χ1v) is 6.83. The molecule has 0 N–H and O–H groups in total. The quantitative estimate of drug-likeness (QED) is 0.837. The molecule has 0 fully saturated rings. The molecule has 100 valence electrons. The largest absolute Gasteiger partial charge is 0.490 e. The number of hydrogen-bond donors (Lipinski definition) is 0. The van der Waals surface area contributed by atoms with Gasteiger partial charge in [-0.15, -0.1) is 0 Å². The molecule has 0 bridgehead atoms. The summed E-state index contributed by atoms with van der Waals surface area (Å²) < 4.78 is 5.69. The molecule has 20 heavy (non-hydrogen) atoms. The lowest BCUT2D eigenvalue weighted by molar-refractivity contribution is 0.0994. The zero-order valence-electron chi connectivity index (χ0n) is 11.2. The number of carbonyl (C=O) groups excluding carboxylic acids is 1. The Morgan fingerprint density at radius 1 is 1.05 bits per heavy atom. The van der Waals surface area contributed by atoms with Crippen LogP contribution in [0.5, 0.6) is 5.75 Å². The molecule has 0 radical (unpaired) electrons. The molecule has 0 aliphatic heterocycles. The Labute approximate surface area is 118 Å². The molecule has 2 nitrogen and oxygen atoms in total. The van der Waals surface area contributed by atoms with Gasteiger partial charge in [0.05, 0.1) is 0 Å². The monoisotopic (exact) mass is 264 g/mol. The van der Waals surface area contributed by atoms with Gasteiger partial charge in [0.25, 0.3) is 0 Å². The molecule has 0 amide bonds. The number of ketones is 1. The van der Waals surface area contributed by atoms with Crippen molar-refractivity contribution in [1.82, 2.24) is 0 Å². The lowest BCUT2D eigenvalue weighted by Crippen LogP contribution is -1.95. The van der Waals surface area contributed by atoms with Gasteiger partial charge in [-0.1, -0.05) is 36.4 Å². The summed E-state index contributed by atoms with van der Waals surface area (Å²) >= 11 is 0. The zero-order chi connectivity index (χ0) is 13.8. The summed E-state index contributed by atoms with van der Waals surface area (Å²) in [5, 5.41) is 0. The molecule has 1 aliphatic rings. The summed E-state index contributed by atoms with van der Waals surface area (Å²) in [7, 11) is 0. The topological polar surface area (TPSA) is 26.3 Å². The fraction of sp³-hybridized carbons (Fsp3) is 0.167. The molecule has 0 unspecified atom stereocenters. The van der Waals surface area contributed by atoms with Crippen molar-refractivity contribution in [2.24, 2.45) is 0 Å². The first-order chi connectivity index (χ1) is 9.83. The number of benzene rings is 2. The van der Waals surface area contributed by atoms with Crippen molar-refractivity contribution in [1.29, 1.82) is 0 Å². The van der Waals surface area contributed by atoms with Crippen LogP contribution in [0.4, 0.5) is 0 Å². The van der Waals surface area contributed by atoms with Gasteiger partial charge in [0.15, 0.2) is 5.78 Å². The number of rotatable bonds is 4. The van der Waals surface area contributed by atoms with E-state index in [1.165, 1.54) is 0 Å². The minimum atomic E-state index is 0.246. The van der Waals surface area contributed by atoms with E-state index in [2.05, 4.69) is 12.1 Å². The van der Waals surface area contributed by atoms with Crippen molar-refractivity contribution in [2.45, 2.75) is 12.8 Å². The average molecular weight is 264 g/mol. The highest BCUT2D eigenvalue weighted by atomic mass is 16.5. The fourth-order valence-electron chi connectivity index (χ4n) is 2.41. The predicted molar refractivity (Wildman–Crippen MR) is 80.1 cm³/mol. The van der Waals surface area contributed by atoms with Gasteiger partial charge < -0.3 is 4.74 Å². The number of aryl methyl sites for hydroxylation is 1. The van der Waals surface area contributed by atoms with Gasteiger partial charge >= 0.3 is 0 Å². The van der Waals surface area contributed by atoms with Crippen LogP contribution in [0.1, 0.15) is 27.9 Å². The summed E-state index contributed by atoms with van der Waals surface area (Å²) in [6.07, 6.45) is 5.50. The van der Waals surface area contributed by atoms with Gasteiger partial charge in [-0.2, -0.15) is 0 Å². The standard InChI is InChI=1S/C18H16O2/c19-18-11-8-15-13-16(9-10-17(15)18)20-12-4-7-14-5-2-1-3-6-14/h1-7,9-10,13H,8,11-12H2/b7-4+. The summed E-state index contributed by atoms with van der Waals surface area (Å²) in [4.78, 5) is 11.5. The van der Waals surface area contributed by atoms with Crippen molar-refractivity contribution < 1.29 is 9.53 Å². The highest BCUT2D eigenvalue weighted by Crippen LogP contribution is 2.26. The molecule has 0 spiro atoms. The molecular weight excluding hydrogens is 248 g/mol. The van der Waals surface area contributed by atoms with Gasteiger partial charge in [-0.05, 0) is 41.8 Å². The van der Waals surface area contributed by atoms with Crippen LogP contribution in [-0.2, 0) is 6.42 Å². The number of ether oxygens (including phenoxy) is 1. The molecular formula is C18H16O2. The third-order valence-electron chi connectivity index (χ3n) is 3.45. The summed E-state index contributed by atoms with van der Waals surface area (Å²) in [6, 6.07) is 15.9. The van der Waals surface area contributed by atoms with Gasteiger partial charge in [-0.3, -0.25) is 4.79 Å². The summed E-state index contributed by atoms with van der Waals surface area (Å²) in [5.74, 6) is 1.08. The van der Waals surface area contributed by atoms with E-state index in [1.54, 1.807) is 0 Å². The Morgan fingerprint density at radius 3 is 2.75 bits per heavy atom. The van der Waals surface area contributed by atoms with Gasteiger partial charge in [-0.25, -0.2) is 0 Å². The molecule has 2 aromatic carbocycles. The molecule has 0 heterocycles. The number of carbonyl (C=O) groups is 1. The van der Waals surface area contributed by atoms with Crippen LogP contribution in [0.2, 0.25) is 0 Å². The van der Waals surface area contributed by atoms with E-state index in [0.29, 0.717) is 13.0 Å². The minimum Gasteiger partial charge on any atom is -0.490 e. The second kappa shape index (κ2) is 5.74. The second-order valence-electron chi connectivity index (χ2n) is 4.87. The van der Waals surface area contributed by atoms with Crippen LogP contribution in [0.15, 0.2) is 54.6 Å².